The van der Waals surface area contributed by atoms with E-state index < -0.39 is 16.3 Å². The van der Waals surface area contributed by atoms with Crippen molar-refractivity contribution in [3.05, 3.63) is 60.3 Å². The van der Waals surface area contributed by atoms with Crippen LogP contribution in [0.15, 0.2) is 48.9 Å². The molecule has 0 aliphatic carbocycles. The minimum absolute atomic E-state index is 0.0371. The average molecular weight is 332 g/mol. The van der Waals surface area contributed by atoms with E-state index in [0.29, 0.717) is 5.56 Å². The molecule has 0 amide bonds. The van der Waals surface area contributed by atoms with Gasteiger partial charge in [-0.25, -0.2) is 8.96 Å². The monoisotopic (exact) mass is 332 g/mol. The van der Waals surface area contributed by atoms with Gasteiger partial charge in [0.15, 0.2) is 5.82 Å². The van der Waals surface area contributed by atoms with Crippen molar-refractivity contribution in [1.29, 1.82) is 0 Å². The van der Waals surface area contributed by atoms with Crippen molar-refractivity contribution in [2.75, 3.05) is 14.1 Å². The summed E-state index contributed by atoms with van der Waals surface area (Å²) >= 11 is 0. The van der Waals surface area contributed by atoms with Gasteiger partial charge in [0.1, 0.15) is 6.10 Å². The lowest BCUT2D eigenvalue weighted by Crippen LogP contribution is -2.30. The van der Waals surface area contributed by atoms with Crippen LogP contribution in [-0.4, -0.2) is 45.9 Å². The Kier molecular flexibility index (Phi) is 3.88. The third-order valence-electron chi connectivity index (χ3n) is 3.57. The van der Waals surface area contributed by atoms with Gasteiger partial charge >= 0.3 is 10.2 Å². The summed E-state index contributed by atoms with van der Waals surface area (Å²) in [7, 11) is -0.911. The van der Waals surface area contributed by atoms with Crippen molar-refractivity contribution >= 4 is 21.1 Å². The number of rotatable bonds is 4. The lowest BCUT2D eigenvalue weighted by Gasteiger charge is -2.18. The Morgan fingerprint density at radius 3 is 2.61 bits per heavy atom. The first-order valence-corrected chi connectivity index (χ1v) is 8.30. The van der Waals surface area contributed by atoms with Crippen molar-refractivity contribution in [2.24, 2.45) is 0 Å². The molecule has 0 bridgehead atoms. The van der Waals surface area contributed by atoms with E-state index in [0.717, 1.165) is 19.2 Å². The lowest BCUT2D eigenvalue weighted by molar-refractivity contribution is 0.210. The molecule has 7 nitrogen and oxygen atoms in total. The van der Waals surface area contributed by atoms with Crippen LogP contribution in [0.1, 0.15) is 17.5 Å². The molecule has 0 aliphatic heterocycles. The average Bonchev–Trinajstić information content (AvgIpc) is 3.04. The van der Waals surface area contributed by atoms with Gasteiger partial charge in [0.05, 0.1) is 5.52 Å². The Hall–Kier alpha value is -2.29. The van der Waals surface area contributed by atoms with Crippen LogP contribution >= 0.6 is 0 Å². The van der Waals surface area contributed by atoms with E-state index in [-0.39, 0.29) is 5.82 Å². The van der Waals surface area contributed by atoms with Crippen LogP contribution in [0.2, 0.25) is 0 Å². The van der Waals surface area contributed by atoms with E-state index in [4.69, 9.17) is 0 Å². The number of hydrogen-bond donors (Lipinski definition) is 1. The van der Waals surface area contributed by atoms with Gasteiger partial charge in [0, 0.05) is 38.1 Å². The SMILES string of the molecule is CN(C)S(=O)(=O)n1ccnc1C(O)c1ccnc2ccccc12. The van der Waals surface area contributed by atoms with Gasteiger partial charge in [-0.2, -0.15) is 12.7 Å². The lowest BCUT2D eigenvalue weighted by atomic mass is 10.0. The maximum absolute atomic E-state index is 12.3. The second-order valence-corrected chi connectivity index (χ2v) is 7.21. The van der Waals surface area contributed by atoms with Crippen LogP contribution < -0.4 is 0 Å². The third kappa shape index (κ3) is 2.61. The Balaban J connectivity index is 2.15. The molecule has 2 aromatic heterocycles. The molecule has 0 saturated heterocycles. The summed E-state index contributed by atoms with van der Waals surface area (Å²) in [4.78, 5) is 8.27. The number of nitrogens with zero attached hydrogens (tertiary/aromatic N) is 4. The normalized spacial score (nSPS) is 13.6. The van der Waals surface area contributed by atoms with Gasteiger partial charge in [-0.3, -0.25) is 4.98 Å². The highest BCUT2D eigenvalue weighted by molar-refractivity contribution is 7.87. The van der Waals surface area contributed by atoms with E-state index in [1.165, 1.54) is 26.5 Å². The number of hydrogen-bond acceptors (Lipinski definition) is 5. The summed E-state index contributed by atoms with van der Waals surface area (Å²) in [6.07, 6.45) is 3.06. The quantitative estimate of drug-likeness (QED) is 0.775. The molecule has 1 atom stereocenters. The minimum atomic E-state index is -3.76. The third-order valence-corrected chi connectivity index (χ3v) is 5.30. The molecule has 23 heavy (non-hydrogen) atoms. The van der Waals surface area contributed by atoms with Crippen LogP contribution in [0.3, 0.4) is 0 Å². The van der Waals surface area contributed by atoms with E-state index >= 15 is 0 Å². The van der Waals surface area contributed by atoms with Gasteiger partial charge < -0.3 is 5.11 Å². The summed E-state index contributed by atoms with van der Waals surface area (Å²) in [6.45, 7) is 0. The molecule has 1 aromatic carbocycles. The number of imidazole rings is 1. The van der Waals surface area contributed by atoms with E-state index in [1.54, 1.807) is 12.3 Å². The highest BCUT2D eigenvalue weighted by Crippen LogP contribution is 2.27. The Morgan fingerprint density at radius 2 is 1.87 bits per heavy atom. The number of para-hydroxylation sites is 1. The minimum Gasteiger partial charge on any atom is -0.380 e. The van der Waals surface area contributed by atoms with Crippen LogP contribution in [0, 0.1) is 0 Å². The number of fused-ring (bicyclic) bond motifs is 1. The maximum atomic E-state index is 12.3. The summed E-state index contributed by atoms with van der Waals surface area (Å²) < 4.78 is 26.7. The van der Waals surface area contributed by atoms with Crippen molar-refractivity contribution in [2.45, 2.75) is 6.10 Å². The van der Waals surface area contributed by atoms with Crippen LogP contribution in [-0.2, 0) is 10.2 Å². The number of benzene rings is 1. The smallest absolute Gasteiger partial charge is 0.308 e. The second-order valence-electron chi connectivity index (χ2n) is 5.19. The van der Waals surface area contributed by atoms with E-state index in [9.17, 15) is 13.5 Å². The molecule has 0 spiro atoms. The first-order chi connectivity index (χ1) is 10.9. The highest BCUT2D eigenvalue weighted by atomic mass is 32.2. The Morgan fingerprint density at radius 1 is 1.13 bits per heavy atom. The zero-order valence-corrected chi connectivity index (χ0v) is 13.5. The second kappa shape index (κ2) is 5.73. The highest BCUT2D eigenvalue weighted by Gasteiger charge is 2.26. The van der Waals surface area contributed by atoms with Gasteiger partial charge in [-0.05, 0) is 17.7 Å². The molecular formula is C15H16N4O3S. The number of aliphatic hydroxyl groups excluding tert-OH is 1. The summed E-state index contributed by atoms with van der Waals surface area (Å²) in [5.74, 6) is 0.0371. The topological polar surface area (TPSA) is 88.3 Å². The molecule has 2 heterocycles. The van der Waals surface area contributed by atoms with E-state index in [1.807, 2.05) is 24.3 Å². The number of aliphatic hydroxyl groups is 1. The summed E-state index contributed by atoms with van der Waals surface area (Å²) in [5, 5.41) is 11.5. The molecule has 120 valence electrons. The molecule has 0 fully saturated rings. The van der Waals surface area contributed by atoms with Crippen LogP contribution in [0.25, 0.3) is 10.9 Å². The Bertz CT molecular complexity index is 945. The van der Waals surface area contributed by atoms with Gasteiger partial charge in [-0.15, -0.1) is 0 Å². The fourth-order valence-electron chi connectivity index (χ4n) is 2.36. The zero-order valence-electron chi connectivity index (χ0n) is 12.7. The molecule has 1 unspecified atom stereocenters. The molecule has 8 heteroatoms. The first kappa shape index (κ1) is 15.6. The fraction of sp³-hybridized carbons (Fsp3) is 0.200. The molecule has 0 radical (unpaired) electrons. The van der Waals surface area contributed by atoms with Crippen molar-refractivity contribution in [3.8, 4) is 0 Å². The summed E-state index contributed by atoms with van der Waals surface area (Å²) in [6, 6.07) is 9.00. The van der Waals surface area contributed by atoms with E-state index in [2.05, 4.69) is 9.97 Å². The van der Waals surface area contributed by atoms with Crippen molar-refractivity contribution in [1.82, 2.24) is 18.2 Å². The molecule has 0 saturated carbocycles. The van der Waals surface area contributed by atoms with Gasteiger partial charge in [0.25, 0.3) is 0 Å². The van der Waals surface area contributed by atoms with Crippen molar-refractivity contribution in [3.63, 3.8) is 0 Å². The van der Waals surface area contributed by atoms with Gasteiger partial charge in [-0.1, -0.05) is 18.2 Å². The molecule has 0 aliphatic rings. The van der Waals surface area contributed by atoms with Gasteiger partial charge in [0.2, 0.25) is 0 Å². The molecule has 1 N–H and O–H groups in total. The predicted octanol–water partition coefficient (Wildman–Crippen LogP) is 1.17. The standard InChI is InChI=1S/C15H16N4O3S/c1-18(2)23(21,22)19-10-9-17-15(19)14(20)12-7-8-16-13-6-4-3-5-11(12)13/h3-10,14,20H,1-2H3. The maximum Gasteiger partial charge on any atom is 0.308 e. The Labute approximate surface area is 134 Å². The molecule has 3 aromatic rings. The van der Waals surface area contributed by atoms with Crippen LogP contribution in [0.4, 0.5) is 0 Å². The molecular weight excluding hydrogens is 316 g/mol. The van der Waals surface area contributed by atoms with Crippen LogP contribution in [0.5, 0.6) is 0 Å². The largest absolute Gasteiger partial charge is 0.380 e. The zero-order chi connectivity index (χ0) is 16.6. The predicted molar refractivity (Wildman–Crippen MR) is 86.0 cm³/mol. The van der Waals surface area contributed by atoms with Crippen molar-refractivity contribution < 1.29 is 13.5 Å². The fourth-order valence-corrected chi connectivity index (χ4v) is 3.30. The summed E-state index contributed by atoms with van der Waals surface area (Å²) in [5.41, 5.74) is 1.27. The number of pyridine rings is 1. The first-order valence-electron chi connectivity index (χ1n) is 6.91. The molecule has 3 rings (SSSR count). The number of aromatic nitrogens is 3.